The van der Waals surface area contributed by atoms with Crippen LogP contribution in [0.2, 0.25) is 0 Å². The monoisotopic (exact) mass is 423 g/mol. The van der Waals surface area contributed by atoms with E-state index in [1.54, 1.807) is 30.3 Å². The zero-order valence-electron chi connectivity index (χ0n) is 16.5. The Hall–Kier alpha value is -3.59. The number of amides is 2. The molecule has 0 aliphatic rings. The largest absolute Gasteiger partial charge is 0.382 e. The predicted octanol–water partition coefficient (Wildman–Crippen LogP) is 2.95. The van der Waals surface area contributed by atoms with Gasteiger partial charge in [-0.1, -0.05) is 42.1 Å². The number of thioether (sulfide) groups is 1. The van der Waals surface area contributed by atoms with E-state index in [2.05, 4.69) is 20.6 Å². The first-order chi connectivity index (χ1) is 14.3. The van der Waals surface area contributed by atoms with Crippen molar-refractivity contribution in [3.63, 3.8) is 0 Å². The summed E-state index contributed by atoms with van der Waals surface area (Å²) in [7, 11) is 0. The third-order valence-corrected chi connectivity index (χ3v) is 5.08. The number of hydrogen-bond donors (Lipinski definition) is 4. The van der Waals surface area contributed by atoms with Crippen molar-refractivity contribution in [3.05, 3.63) is 75.6 Å². The number of benzene rings is 2. The normalized spacial score (nSPS) is 10.5. The van der Waals surface area contributed by atoms with Gasteiger partial charge in [-0.2, -0.15) is 0 Å². The molecule has 0 atom stereocenters. The number of aryl methyl sites for hydroxylation is 2. The Bertz CT molecular complexity index is 1150. The summed E-state index contributed by atoms with van der Waals surface area (Å²) in [6, 6.07) is 14.2. The number of carbonyl (C=O) groups is 2. The molecule has 9 heteroatoms. The van der Waals surface area contributed by atoms with Crippen LogP contribution < -0.4 is 21.9 Å². The number of nitrogens with zero attached hydrogens (tertiary/aromatic N) is 1. The van der Waals surface area contributed by atoms with E-state index in [1.165, 1.54) is 0 Å². The van der Waals surface area contributed by atoms with E-state index in [1.807, 2.05) is 32.0 Å². The molecule has 5 N–H and O–H groups in total. The highest BCUT2D eigenvalue weighted by molar-refractivity contribution is 7.99. The molecule has 2 aromatic carbocycles. The summed E-state index contributed by atoms with van der Waals surface area (Å²) < 4.78 is 0. The fourth-order valence-electron chi connectivity index (χ4n) is 2.62. The molecular formula is C21H21N5O3S. The molecule has 0 unspecified atom stereocenters. The third-order valence-electron chi connectivity index (χ3n) is 4.21. The summed E-state index contributed by atoms with van der Waals surface area (Å²) in [4.78, 5) is 43.4. The molecule has 2 amide bonds. The molecular weight excluding hydrogens is 402 g/mol. The number of nitrogens with one attached hydrogen (secondary N) is 3. The van der Waals surface area contributed by atoms with Crippen LogP contribution in [0.5, 0.6) is 0 Å². The molecule has 1 heterocycles. The first-order valence-corrected chi connectivity index (χ1v) is 10.1. The van der Waals surface area contributed by atoms with Crippen LogP contribution in [0.4, 0.5) is 17.2 Å². The van der Waals surface area contributed by atoms with E-state index in [-0.39, 0.29) is 28.3 Å². The van der Waals surface area contributed by atoms with Crippen molar-refractivity contribution >= 4 is 40.8 Å². The summed E-state index contributed by atoms with van der Waals surface area (Å²) in [5.41, 5.74) is 8.24. The van der Waals surface area contributed by atoms with E-state index < -0.39 is 11.5 Å². The van der Waals surface area contributed by atoms with Crippen LogP contribution in [-0.4, -0.2) is 27.5 Å². The molecule has 154 valence electrons. The van der Waals surface area contributed by atoms with E-state index in [9.17, 15) is 14.4 Å². The average Bonchev–Trinajstić information content (AvgIpc) is 2.72. The van der Waals surface area contributed by atoms with E-state index >= 15 is 0 Å². The SMILES string of the molecule is Cc1ccc(C)c(NC(=O)CSc2nc(N)c(NC(=O)c3ccccc3)c(=O)[nH]2)c1. The molecule has 0 saturated heterocycles. The van der Waals surface area contributed by atoms with Crippen LogP contribution in [0.25, 0.3) is 0 Å². The van der Waals surface area contributed by atoms with Crippen molar-refractivity contribution in [3.8, 4) is 0 Å². The van der Waals surface area contributed by atoms with Gasteiger partial charge >= 0.3 is 0 Å². The van der Waals surface area contributed by atoms with Gasteiger partial charge in [-0.25, -0.2) is 4.98 Å². The van der Waals surface area contributed by atoms with E-state index in [4.69, 9.17) is 5.73 Å². The third kappa shape index (κ3) is 5.26. The summed E-state index contributed by atoms with van der Waals surface area (Å²) >= 11 is 1.04. The molecule has 1 aromatic heterocycles. The van der Waals surface area contributed by atoms with Crippen LogP contribution in [-0.2, 0) is 4.79 Å². The molecule has 8 nitrogen and oxygen atoms in total. The van der Waals surface area contributed by atoms with Crippen molar-refractivity contribution in [1.82, 2.24) is 9.97 Å². The first-order valence-electron chi connectivity index (χ1n) is 9.09. The Balaban J connectivity index is 1.65. The van der Waals surface area contributed by atoms with E-state index in [0.717, 1.165) is 28.6 Å². The van der Waals surface area contributed by atoms with Gasteiger partial charge in [0.25, 0.3) is 11.5 Å². The van der Waals surface area contributed by atoms with Crippen molar-refractivity contribution in [2.45, 2.75) is 19.0 Å². The molecule has 0 spiro atoms. The van der Waals surface area contributed by atoms with Crippen LogP contribution in [0.1, 0.15) is 21.5 Å². The van der Waals surface area contributed by atoms with Crippen molar-refractivity contribution in [1.29, 1.82) is 0 Å². The maximum Gasteiger partial charge on any atom is 0.277 e. The molecule has 3 rings (SSSR count). The Morgan fingerprint density at radius 1 is 1.10 bits per heavy atom. The molecule has 0 aliphatic heterocycles. The van der Waals surface area contributed by atoms with Gasteiger partial charge in [-0.15, -0.1) is 0 Å². The highest BCUT2D eigenvalue weighted by Gasteiger charge is 2.15. The van der Waals surface area contributed by atoms with Gasteiger partial charge in [-0.05, 0) is 43.2 Å². The smallest absolute Gasteiger partial charge is 0.277 e. The lowest BCUT2D eigenvalue weighted by Gasteiger charge is -2.10. The standard InChI is InChI=1S/C21H21N5O3S/c1-12-8-9-13(2)15(10-12)23-16(27)11-30-21-25-18(22)17(20(29)26-21)24-19(28)14-6-4-3-5-7-14/h3-10H,11H2,1-2H3,(H,23,27)(H,24,28)(H3,22,25,26,29). The summed E-state index contributed by atoms with van der Waals surface area (Å²) in [5, 5.41) is 5.50. The highest BCUT2D eigenvalue weighted by Crippen LogP contribution is 2.19. The number of hydrogen-bond acceptors (Lipinski definition) is 6. The first kappa shape index (κ1) is 21.1. The topological polar surface area (TPSA) is 130 Å². The van der Waals surface area contributed by atoms with Crippen molar-refractivity contribution in [2.75, 3.05) is 22.1 Å². The molecule has 0 radical (unpaired) electrons. The van der Waals surface area contributed by atoms with Crippen molar-refractivity contribution < 1.29 is 9.59 Å². The molecule has 0 saturated carbocycles. The Kier molecular flexibility index (Phi) is 6.53. The number of aromatic amines is 1. The van der Waals surface area contributed by atoms with Crippen LogP contribution in [0.3, 0.4) is 0 Å². The Morgan fingerprint density at radius 2 is 1.83 bits per heavy atom. The second kappa shape index (κ2) is 9.27. The van der Waals surface area contributed by atoms with Crippen molar-refractivity contribution in [2.24, 2.45) is 0 Å². The van der Waals surface area contributed by atoms with Gasteiger partial charge in [0.05, 0.1) is 5.75 Å². The van der Waals surface area contributed by atoms with Gasteiger partial charge in [0, 0.05) is 11.3 Å². The molecule has 30 heavy (non-hydrogen) atoms. The Labute approximate surface area is 177 Å². The lowest BCUT2D eigenvalue weighted by molar-refractivity contribution is -0.113. The maximum atomic E-state index is 12.3. The predicted molar refractivity (Wildman–Crippen MR) is 119 cm³/mol. The number of rotatable bonds is 6. The van der Waals surface area contributed by atoms with Crippen LogP contribution >= 0.6 is 11.8 Å². The number of nitrogen functional groups attached to an aromatic ring is 1. The molecule has 0 bridgehead atoms. The quantitative estimate of drug-likeness (QED) is 0.356. The lowest BCUT2D eigenvalue weighted by Crippen LogP contribution is -2.23. The van der Waals surface area contributed by atoms with E-state index in [0.29, 0.717) is 5.56 Å². The summed E-state index contributed by atoms with van der Waals surface area (Å²) in [5.74, 6) is -0.800. The fraction of sp³-hybridized carbons (Fsp3) is 0.143. The fourth-order valence-corrected chi connectivity index (χ4v) is 3.29. The number of H-pyrrole nitrogens is 1. The number of aromatic nitrogens is 2. The summed E-state index contributed by atoms with van der Waals surface area (Å²) in [6.45, 7) is 3.85. The second-order valence-corrected chi connectivity index (χ2v) is 7.57. The minimum absolute atomic E-state index is 0.0332. The minimum Gasteiger partial charge on any atom is -0.382 e. The zero-order chi connectivity index (χ0) is 21.7. The van der Waals surface area contributed by atoms with Gasteiger partial charge in [-0.3, -0.25) is 19.4 Å². The molecule has 0 fully saturated rings. The van der Waals surface area contributed by atoms with Gasteiger partial charge in [0.15, 0.2) is 11.0 Å². The number of anilines is 3. The van der Waals surface area contributed by atoms with Gasteiger partial charge < -0.3 is 16.4 Å². The van der Waals surface area contributed by atoms with Crippen LogP contribution in [0, 0.1) is 13.8 Å². The highest BCUT2D eigenvalue weighted by atomic mass is 32.2. The number of nitrogens with two attached hydrogens (primary N) is 1. The van der Waals surface area contributed by atoms with Crippen LogP contribution in [0.15, 0.2) is 58.5 Å². The second-order valence-electron chi connectivity index (χ2n) is 6.61. The summed E-state index contributed by atoms with van der Waals surface area (Å²) in [6.07, 6.45) is 0. The lowest BCUT2D eigenvalue weighted by atomic mass is 10.1. The van der Waals surface area contributed by atoms with Gasteiger partial charge in [0.2, 0.25) is 5.91 Å². The number of carbonyl (C=O) groups excluding carboxylic acids is 2. The zero-order valence-corrected chi connectivity index (χ0v) is 17.3. The maximum absolute atomic E-state index is 12.3. The molecule has 3 aromatic rings. The average molecular weight is 423 g/mol. The van der Waals surface area contributed by atoms with Gasteiger partial charge in [0.1, 0.15) is 5.69 Å². The minimum atomic E-state index is -0.593. The molecule has 0 aliphatic carbocycles. The Morgan fingerprint density at radius 3 is 2.53 bits per heavy atom.